The summed E-state index contributed by atoms with van der Waals surface area (Å²) < 4.78 is 0.917. The first kappa shape index (κ1) is 12.0. The number of carbonyl (C=O) groups excluding carboxylic acids is 1. The number of hydrogen-bond acceptors (Lipinski definition) is 4. The molecular formula is C10H14BrN3OS. The Morgan fingerprint density at radius 3 is 2.88 bits per heavy atom. The van der Waals surface area contributed by atoms with Crippen LogP contribution in [0.4, 0.5) is 5.13 Å². The van der Waals surface area contributed by atoms with Crippen LogP contribution in [-0.4, -0.2) is 17.4 Å². The Kier molecular flexibility index (Phi) is 3.61. The second-order valence-corrected chi connectivity index (χ2v) is 6.66. The van der Waals surface area contributed by atoms with Gasteiger partial charge in [-0.25, -0.2) is 4.98 Å². The smallest absolute Gasteiger partial charge is 0.226 e. The average molecular weight is 304 g/mol. The van der Waals surface area contributed by atoms with Gasteiger partial charge in [0, 0.05) is 6.42 Å². The zero-order valence-corrected chi connectivity index (χ0v) is 11.2. The van der Waals surface area contributed by atoms with Gasteiger partial charge < -0.3 is 11.1 Å². The Morgan fingerprint density at radius 2 is 2.44 bits per heavy atom. The van der Waals surface area contributed by atoms with E-state index in [0.717, 1.165) is 16.6 Å². The van der Waals surface area contributed by atoms with Crippen LogP contribution in [0.1, 0.15) is 25.7 Å². The van der Waals surface area contributed by atoms with E-state index < -0.39 is 0 Å². The van der Waals surface area contributed by atoms with E-state index in [4.69, 9.17) is 5.73 Å². The summed E-state index contributed by atoms with van der Waals surface area (Å²) >= 11 is 4.72. The minimum absolute atomic E-state index is 0.0204. The van der Waals surface area contributed by atoms with Crippen LogP contribution in [0.15, 0.2) is 9.98 Å². The van der Waals surface area contributed by atoms with E-state index in [1.165, 1.54) is 17.8 Å². The average Bonchev–Trinajstić information content (AvgIpc) is 2.57. The minimum atomic E-state index is 0.0204. The molecule has 0 aliphatic heterocycles. The zero-order valence-electron chi connectivity index (χ0n) is 8.83. The number of carbonyl (C=O) groups is 1. The normalized spacial score (nSPS) is 17.9. The highest BCUT2D eigenvalue weighted by atomic mass is 79.9. The molecule has 1 amide bonds. The molecule has 6 heteroatoms. The number of rotatable bonds is 4. The van der Waals surface area contributed by atoms with E-state index >= 15 is 0 Å². The van der Waals surface area contributed by atoms with Crippen molar-refractivity contribution in [2.24, 2.45) is 11.1 Å². The highest BCUT2D eigenvalue weighted by Crippen LogP contribution is 2.43. The molecule has 0 bridgehead atoms. The molecule has 0 radical (unpaired) electrons. The molecule has 0 spiro atoms. The molecule has 1 saturated carbocycles. The van der Waals surface area contributed by atoms with Crippen molar-refractivity contribution in [3.05, 3.63) is 9.98 Å². The number of nitrogens with one attached hydrogen (secondary N) is 1. The monoisotopic (exact) mass is 303 g/mol. The molecule has 16 heavy (non-hydrogen) atoms. The zero-order chi connectivity index (χ0) is 11.6. The van der Waals surface area contributed by atoms with E-state index in [1.54, 1.807) is 6.20 Å². The lowest BCUT2D eigenvalue weighted by Gasteiger charge is -2.40. The highest BCUT2D eigenvalue weighted by molar-refractivity contribution is 9.11. The van der Waals surface area contributed by atoms with Crippen molar-refractivity contribution in [3.63, 3.8) is 0 Å². The first-order chi connectivity index (χ1) is 7.63. The summed E-state index contributed by atoms with van der Waals surface area (Å²) in [6.45, 7) is 0.599. The van der Waals surface area contributed by atoms with Gasteiger partial charge in [-0.3, -0.25) is 4.79 Å². The van der Waals surface area contributed by atoms with E-state index in [2.05, 4.69) is 26.2 Å². The molecular weight excluding hydrogens is 290 g/mol. The molecule has 1 heterocycles. The Hall–Kier alpha value is -0.460. The van der Waals surface area contributed by atoms with Gasteiger partial charge in [0.15, 0.2) is 5.13 Å². The third kappa shape index (κ3) is 2.61. The topological polar surface area (TPSA) is 68.0 Å². The number of anilines is 1. The summed E-state index contributed by atoms with van der Waals surface area (Å²) in [5.74, 6) is 0.0204. The van der Waals surface area contributed by atoms with Crippen molar-refractivity contribution < 1.29 is 4.79 Å². The van der Waals surface area contributed by atoms with E-state index in [-0.39, 0.29) is 11.3 Å². The van der Waals surface area contributed by atoms with Gasteiger partial charge in [-0.05, 0) is 40.7 Å². The van der Waals surface area contributed by atoms with E-state index in [9.17, 15) is 4.79 Å². The Bertz CT molecular complexity index is 384. The number of amides is 1. The van der Waals surface area contributed by atoms with Crippen molar-refractivity contribution >= 4 is 38.3 Å². The van der Waals surface area contributed by atoms with Crippen LogP contribution < -0.4 is 11.1 Å². The first-order valence-electron chi connectivity index (χ1n) is 5.25. The molecule has 1 aromatic rings. The second kappa shape index (κ2) is 4.81. The van der Waals surface area contributed by atoms with Crippen LogP contribution in [-0.2, 0) is 4.79 Å². The van der Waals surface area contributed by atoms with E-state index in [0.29, 0.717) is 18.1 Å². The molecule has 88 valence electrons. The molecule has 0 saturated heterocycles. The predicted octanol–water partition coefficient (Wildman–Crippen LogP) is 2.36. The molecule has 1 aliphatic carbocycles. The maximum atomic E-state index is 11.8. The molecule has 0 atom stereocenters. The van der Waals surface area contributed by atoms with Gasteiger partial charge in [-0.15, -0.1) is 0 Å². The lowest BCUT2D eigenvalue weighted by atomic mass is 9.66. The molecule has 1 aliphatic rings. The van der Waals surface area contributed by atoms with Crippen LogP contribution in [0, 0.1) is 5.41 Å². The third-order valence-corrected chi connectivity index (χ3v) is 4.50. The molecule has 4 nitrogen and oxygen atoms in total. The molecule has 0 unspecified atom stereocenters. The first-order valence-corrected chi connectivity index (χ1v) is 6.86. The SMILES string of the molecule is NCC1(CC(=O)Nc2ncc(Br)s2)CCC1. The quantitative estimate of drug-likeness (QED) is 0.897. The lowest BCUT2D eigenvalue weighted by Crippen LogP contribution is -2.40. The maximum Gasteiger partial charge on any atom is 0.226 e. The largest absolute Gasteiger partial charge is 0.330 e. The minimum Gasteiger partial charge on any atom is -0.330 e. The standard InChI is InChI=1S/C10H14BrN3OS/c11-7-5-13-9(16-7)14-8(15)4-10(6-12)2-1-3-10/h5H,1-4,6,12H2,(H,13,14,15). The molecule has 3 N–H and O–H groups in total. The van der Waals surface area contributed by atoms with Crippen LogP contribution in [0.3, 0.4) is 0 Å². The number of halogens is 1. The second-order valence-electron chi connectivity index (χ2n) is 4.25. The van der Waals surface area contributed by atoms with Crippen molar-refractivity contribution in [2.45, 2.75) is 25.7 Å². The van der Waals surface area contributed by atoms with Crippen LogP contribution >= 0.6 is 27.3 Å². The number of aromatic nitrogens is 1. The summed E-state index contributed by atoms with van der Waals surface area (Å²) in [6, 6.07) is 0. The van der Waals surface area contributed by atoms with Crippen LogP contribution in [0.2, 0.25) is 0 Å². The Morgan fingerprint density at radius 1 is 1.69 bits per heavy atom. The van der Waals surface area contributed by atoms with Gasteiger partial charge in [0.2, 0.25) is 5.91 Å². The number of hydrogen-bond donors (Lipinski definition) is 2. The molecule has 2 rings (SSSR count). The fourth-order valence-electron chi connectivity index (χ4n) is 1.95. The van der Waals surface area contributed by atoms with Crippen molar-refractivity contribution in [1.29, 1.82) is 0 Å². The van der Waals surface area contributed by atoms with E-state index in [1.807, 2.05) is 0 Å². The Balaban J connectivity index is 1.89. The number of nitrogens with two attached hydrogens (primary N) is 1. The maximum absolute atomic E-state index is 11.8. The summed E-state index contributed by atoms with van der Waals surface area (Å²) in [4.78, 5) is 15.8. The van der Waals surface area contributed by atoms with Crippen molar-refractivity contribution in [1.82, 2.24) is 4.98 Å². The van der Waals surface area contributed by atoms with Gasteiger partial charge in [0.1, 0.15) is 0 Å². The van der Waals surface area contributed by atoms with Gasteiger partial charge in [0.05, 0.1) is 9.98 Å². The van der Waals surface area contributed by atoms with Crippen LogP contribution in [0.5, 0.6) is 0 Å². The summed E-state index contributed by atoms with van der Waals surface area (Å²) in [5.41, 5.74) is 5.77. The van der Waals surface area contributed by atoms with Gasteiger partial charge in [-0.2, -0.15) is 0 Å². The summed E-state index contributed by atoms with van der Waals surface area (Å²) in [7, 11) is 0. The fourth-order valence-corrected chi connectivity index (χ4v) is 3.07. The predicted molar refractivity (Wildman–Crippen MR) is 68.4 cm³/mol. The van der Waals surface area contributed by atoms with Gasteiger partial charge in [0.25, 0.3) is 0 Å². The number of thiazole rings is 1. The molecule has 1 aromatic heterocycles. The van der Waals surface area contributed by atoms with Crippen molar-refractivity contribution in [3.8, 4) is 0 Å². The fraction of sp³-hybridized carbons (Fsp3) is 0.600. The third-order valence-electron chi connectivity index (χ3n) is 3.11. The number of nitrogens with zero attached hydrogens (tertiary/aromatic N) is 1. The highest BCUT2D eigenvalue weighted by Gasteiger charge is 2.37. The lowest BCUT2D eigenvalue weighted by molar-refractivity contribution is -0.119. The van der Waals surface area contributed by atoms with Gasteiger partial charge in [-0.1, -0.05) is 17.8 Å². The Labute approximate surface area is 107 Å². The molecule has 1 fully saturated rings. The van der Waals surface area contributed by atoms with Crippen LogP contribution in [0.25, 0.3) is 0 Å². The molecule has 0 aromatic carbocycles. The summed E-state index contributed by atoms with van der Waals surface area (Å²) in [5, 5.41) is 3.45. The van der Waals surface area contributed by atoms with Crippen molar-refractivity contribution in [2.75, 3.05) is 11.9 Å². The summed E-state index contributed by atoms with van der Waals surface area (Å²) in [6.07, 6.45) is 5.52. The van der Waals surface area contributed by atoms with Gasteiger partial charge >= 0.3 is 0 Å².